The van der Waals surface area contributed by atoms with Gasteiger partial charge in [-0.15, -0.1) is 0 Å². The molecule has 21 heavy (non-hydrogen) atoms. The van der Waals surface area contributed by atoms with Crippen LogP contribution < -0.4 is 10.5 Å². The maximum Gasteiger partial charge on any atom is 0.246 e. The van der Waals surface area contributed by atoms with Crippen molar-refractivity contribution in [2.45, 2.75) is 31.3 Å². The molecular weight excluding hydrogens is 312 g/mol. The zero-order chi connectivity index (χ0) is 15.5. The second-order valence-electron chi connectivity index (χ2n) is 4.59. The lowest BCUT2D eigenvalue weighted by Gasteiger charge is -2.05. The summed E-state index contributed by atoms with van der Waals surface area (Å²) in [6, 6.07) is 6.93. The minimum absolute atomic E-state index is 0.00455. The Morgan fingerprint density at radius 2 is 2.00 bits per heavy atom. The van der Waals surface area contributed by atoms with E-state index in [1.807, 2.05) is 6.92 Å². The molecule has 2 aromatic rings. The van der Waals surface area contributed by atoms with Gasteiger partial charge in [-0.3, -0.25) is 4.68 Å². The molecule has 0 radical (unpaired) electrons. The van der Waals surface area contributed by atoms with Crippen molar-refractivity contribution in [2.75, 3.05) is 5.73 Å². The van der Waals surface area contributed by atoms with E-state index < -0.39 is 10.0 Å². The SMILES string of the molecule is CCCn1cc(S(=O)(=O)NCc2ccc(Cl)cc2)c(N)n1. The first-order valence-corrected chi connectivity index (χ1v) is 8.35. The fourth-order valence-electron chi connectivity index (χ4n) is 1.83. The molecule has 0 bridgehead atoms. The Hall–Kier alpha value is -1.57. The first kappa shape index (κ1) is 15.8. The van der Waals surface area contributed by atoms with Gasteiger partial charge in [0.15, 0.2) is 5.82 Å². The van der Waals surface area contributed by atoms with E-state index in [-0.39, 0.29) is 17.3 Å². The molecule has 1 aromatic heterocycles. The molecule has 0 aliphatic heterocycles. The Balaban J connectivity index is 2.12. The highest BCUT2D eigenvalue weighted by Crippen LogP contribution is 2.17. The predicted molar refractivity (Wildman–Crippen MR) is 82.4 cm³/mol. The van der Waals surface area contributed by atoms with Gasteiger partial charge in [-0.05, 0) is 24.1 Å². The second-order valence-corrected chi connectivity index (χ2v) is 6.76. The van der Waals surface area contributed by atoms with Crippen molar-refractivity contribution in [1.82, 2.24) is 14.5 Å². The van der Waals surface area contributed by atoms with E-state index in [4.69, 9.17) is 17.3 Å². The average Bonchev–Trinajstić information content (AvgIpc) is 2.80. The van der Waals surface area contributed by atoms with E-state index in [2.05, 4.69) is 9.82 Å². The Morgan fingerprint density at radius 1 is 1.33 bits per heavy atom. The number of anilines is 1. The van der Waals surface area contributed by atoms with Gasteiger partial charge in [-0.1, -0.05) is 30.7 Å². The molecule has 0 unspecified atom stereocenters. The summed E-state index contributed by atoms with van der Waals surface area (Å²) in [5.74, 6) is 0.00653. The molecule has 0 atom stereocenters. The van der Waals surface area contributed by atoms with E-state index in [0.29, 0.717) is 11.6 Å². The summed E-state index contributed by atoms with van der Waals surface area (Å²) < 4.78 is 28.5. The summed E-state index contributed by atoms with van der Waals surface area (Å²) >= 11 is 5.78. The molecule has 1 aromatic carbocycles. The quantitative estimate of drug-likeness (QED) is 0.848. The number of nitrogens with two attached hydrogens (primary N) is 1. The van der Waals surface area contributed by atoms with E-state index in [0.717, 1.165) is 12.0 Å². The van der Waals surface area contributed by atoms with Crippen LogP contribution in [-0.2, 0) is 23.1 Å². The molecule has 3 N–H and O–H groups in total. The van der Waals surface area contributed by atoms with Crippen LogP contribution in [0.1, 0.15) is 18.9 Å². The lowest BCUT2D eigenvalue weighted by atomic mass is 10.2. The Kier molecular flexibility index (Phi) is 4.87. The molecule has 0 fully saturated rings. The van der Waals surface area contributed by atoms with Gasteiger partial charge >= 0.3 is 0 Å². The van der Waals surface area contributed by atoms with Gasteiger partial charge in [0.05, 0.1) is 0 Å². The van der Waals surface area contributed by atoms with E-state index >= 15 is 0 Å². The largest absolute Gasteiger partial charge is 0.381 e. The number of nitrogens with one attached hydrogen (secondary N) is 1. The molecule has 0 saturated carbocycles. The molecule has 114 valence electrons. The number of rotatable bonds is 6. The van der Waals surface area contributed by atoms with Crippen LogP contribution in [0.15, 0.2) is 35.4 Å². The van der Waals surface area contributed by atoms with Gasteiger partial charge in [0.2, 0.25) is 10.0 Å². The van der Waals surface area contributed by atoms with Crippen LogP contribution in [0.2, 0.25) is 5.02 Å². The Labute approximate surface area is 129 Å². The summed E-state index contributed by atoms with van der Waals surface area (Å²) in [6.07, 6.45) is 2.29. The molecule has 1 heterocycles. The lowest BCUT2D eigenvalue weighted by molar-refractivity contribution is 0.579. The monoisotopic (exact) mass is 328 g/mol. The number of benzene rings is 1. The second kappa shape index (κ2) is 6.46. The molecule has 6 nitrogen and oxygen atoms in total. The highest BCUT2D eigenvalue weighted by atomic mass is 35.5. The maximum absolute atomic E-state index is 12.2. The van der Waals surface area contributed by atoms with Crippen molar-refractivity contribution in [3.8, 4) is 0 Å². The zero-order valence-electron chi connectivity index (χ0n) is 11.6. The van der Waals surface area contributed by atoms with Gasteiger partial charge < -0.3 is 5.73 Å². The fourth-order valence-corrected chi connectivity index (χ4v) is 3.04. The average molecular weight is 329 g/mol. The highest BCUT2D eigenvalue weighted by molar-refractivity contribution is 7.89. The van der Waals surface area contributed by atoms with Gasteiger partial charge in [0, 0.05) is 24.3 Å². The van der Waals surface area contributed by atoms with Crippen LogP contribution in [0.5, 0.6) is 0 Å². The smallest absolute Gasteiger partial charge is 0.246 e. The molecule has 0 spiro atoms. The van der Waals surface area contributed by atoms with Crippen LogP contribution in [0, 0.1) is 0 Å². The molecule has 0 amide bonds. The Morgan fingerprint density at radius 3 is 2.62 bits per heavy atom. The molecular formula is C13H17ClN4O2S. The maximum atomic E-state index is 12.2. The van der Waals surface area contributed by atoms with Crippen molar-refractivity contribution >= 4 is 27.4 Å². The minimum atomic E-state index is -3.69. The number of nitrogens with zero attached hydrogens (tertiary/aromatic N) is 2. The molecule has 0 aliphatic carbocycles. The predicted octanol–water partition coefficient (Wildman–Crippen LogP) is 2.01. The number of aromatic nitrogens is 2. The summed E-state index contributed by atoms with van der Waals surface area (Å²) in [5, 5.41) is 4.59. The van der Waals surface area contributed by atoms with Gasteiger partial charge in [-0.25, -0.2) is 13.1 Å². The summed E-state index contributed by atoms with van der Waals surface area (Å²) in [4.78, 5) is 0.00455. The van der Waals surface area contributed by atoms with Gasteiger partial charge in [0.1, 0.15) is 4.90 Å². The van der Waals surface area contributed by atoms with Crippen LogP contribution in [0.25, 0.3) is 0 Å². The van der Waals surface area contributed by atoms with E-state index in [9.17, 15) is 8.42 Å². The van der Waals surface area contributed by atoms with Crippen molar-refractivity contribution in [3.05, 3.63) is 41.0 Å². The van der Waals surface area contributed by atoms with Crippen LogP contribution in [0.3, 0.4) is 0 Å². The number of nitrogen functional groups attached to an aromatic ring is 1. The number of halogens is 1. The third kappa shape index (κ3) is 3.96. The van der Waals surface area contributed by atoms with E-state index in [1.54, 1.807) is 24.3 Å². The molecule has 0 saturated heterocycles. The van der Waals surface area contributed by atoms with Crippen molar-refractivity contribution in [3.63, 3.8) is 0 Å². The van der Waals surface area contributed by atoms with Crippen LogP contribution in [0.4, 0.5) is 5.82 Å². The normalized spacial score (nSPS) is 11.7. The molecule has 8 heteroatoms. The first-order valence-electron chi connectivity index (χ1n) is 6.49. The fraction of sp³-hybridized carbons (Fsp3) is 0.308. The van der Waals surface area contributed by atoms with Crippen molar-refractivity contribution < 1.29 is 8.42 Å². The standard InChI is InChI=1S/C13H17ClN4O2S/c1-2-7-18-9-12(13(15)17-18)21(19,20)16-8-10-3-5-11(14)6-4-10/h3-6,9,16H,2,7-8H2,1H3,(H2,15,17). The summed E-state index contributed by atoms with van der Waals surface area (Å²) in [7, 11) is -3.69. The van der Waals surface area contributed by atoms with Crippen molar-refractivity contribution in [2.24, 2.45) is 0 Å². The summed E-state index contributed by atoms with van der Waals surface area (Å²) in [5.41, 5.74) is 6.49. The Bertz CT molecular complexity index is 710. The topological polar surface area (TPSA) is 90.0 Å². The zero-order valence-corrected chi connectivity index (χ0v) is 13.2. The summed E-state index contributed by atoms with van der Waals surface area (Å²) in [6.45, 7) is 2.76. The number of hydrogen-bond acceptors (Lipinski definition) is 4. The van der Waals surface area contributed by atoms with E-state index in [1.165, 1.54) is 10.9 Å². The number of sulfonamides is 1. The third-order valence-corrected chi connectivity index (χ3v) is 4.55. The number of aryl methyl sites for hydroxylation is 1. The number of hydrogen-bond donors (Lipinski definition) is 2. The molecule has 2 rings (SSSR count). The lowest BCUT2D eigenvalue weighted by Crippen LogP contribution is -2.23. The minimum Gasteiger partial charge on any atom is -0.381 e. The third-order valence-electron chi connectivity index (χ3n) is 2.88. The van der Waals surface area contributed by atoms with Crippen LogP contribution >= 0.6 is 11.6 Å². The first-order chi connectivity index (χ1) is 9.92. The highest BCUT2D eigenvalue weighted by Gasteiger charge is 2.20. The van der Waals surface area contributed by atoms with Gasteiger partial charge in [0.25, 0.3) is 0 Å². The van der Waals surface area contributed by atoms with Crippen molar-refractivity contribution in [1.29, 1.82) is 0 Å². The molecule has 0 aliphatic rings. The van der Waals surface area contributed by atoms with Gasteiger partial charge in [-0.2, -0.15) is 5.10 Å². The van der Waals surface area contributed by atoms with Crippen LogP contribution in [-0.4, -0.2) is 18.2 Å².